The van der Waals surface area contributed by atoms with Gasteiger partial charge < -0.3 is 19.9 Å². The first-order chi connectivity index (χ1) is 12.8. The van der Waals surface area contributed by atoms with Crippen LogP contribution in [0.25, 0.3) is 10.9 Å². The fourth-order valence-corrected chi connectivity index (χ4v) is 3.98. The topological polar surface area (TPSA) is 55.9 Å². The van der Waals surface area contributed by atoms with Gasteiger partial charge in [-0.3, -0.25) is 4.90 Å². The molecular weight excluding hydrogens is 326 g/mol. The highest BCUT2D eigenvalue weighted by Crippen LogP contribution is 2.18. The van der Waals surface area contributed by atoms with E-state index in [2.05, 4.69) is 57.4 Å². The van der Waals surface area contributed by atoms with Gasteiger partial charge in [0.2, 0.25) is 0 Å². The highest BCUT2D eigenvalue weighted by Gasteiger charge is 2.30. The maximum atomic E-state index is 5.49. The fourth-order valence-electron chi connectivity index (χ4n) is 3.98. The molecule has 0 radical (unpaired) electrons. The van der Waals surface area contributed by atoms with Gasteiger partial charge in [-0.25, -0.2) is 4.99 Å². The van der Waals surface area contributed by atoms with Gasteiger partial charge in [0.1, 0.15) is 0 Å². The van der Waals surface area contributed by atoms with Gasteiger partial charge in [-0.2, -0.15) is 0 Å². The van der Waals surface area contributed by atoms with Crippen molar-refractivity contribution in [2.45, 2.75) is 25.9 Å². The molecule has 1 aromatic heterocycles. The predicted octanol–water partition coefficient (Wildman–Crippen LogP) is 2.04. The van der Waals surface area contributed by atoms with Gasteiger partial charge >= 0.3 is 0 Å². The van der Waals surface area contributed by atoms with Crippen molar-refractivity contribution in [3.05, 3.63) is 36.0 Å². The van der Waals surface area contributed by atoms with Gasteiger partial charge in [-0.15, -0.1) is 0 Å². The normalized spacial score (nSPS) is 22.3. The number of aliphatic imine (C=N–C) groups is 1. The number of H-pyrrole nitrogens is 1. The summed E-state index contributed by atoms with van der Waals surface area (Å²) in [6.45, 7) is 9.67. The Balaban J connectivity index is 1.42. The van der Waals surface area contributed by atoms with Gasteiger partial charge in [-0.05, 0) is 30.9 Å². The number of aromatic nitrogens is 1. The molecule has 1 unspecified atom stereocenters. The fraction of sp³-hybridized carbons (Fsp3) is 0.550. The van der Waals surface area contributed by atoms with E-state index >= 15 is 0 Å². The number of hydrogen-bond donors (Lipinski definition) is 2. The zero-order chi connectivity index (χ0) is 17.8. The van der Waals surface area contributed by atoms with E-state index in [4.69, 9.17) is 9.73 Å². The molecule has 0 amide bonds. The molecule has 2 N–H and O–H groups in total. The number of guanidine groups is 1. The number of nitrogens with zero attached hydrogens (tertiary/aromatic N) is 3. The second kappa shape index (κ2) is 8.10. The van der Waals surface area contributed by atoms with Crippen molar-refractivity contribution in [3.63, 3.8) is 0 Å². The van der Waals surface area contributed by atoms with Crippen LogP contribution < -0.4 is 5.32 Å². The summed E-state index contributed by atoms with van der Waals surface area (Å²) in [5.41, 5.74) is 2.33. The number of morpholine rings is 1. The number of likely N-dealkylation sites (tertiary alicyclic amines) is 1. The van der Waals surface area contributed by atoms with E-state index in [0.717, 1.165) is 57.6 Å². The average Bonchev–Trinajstić information content (AvgIpc) is 3.32. The lowest BCUT2D eigenvalue weighted by molar-refractivity contribution is 0.0195. The molecule has 6 heteroatoms. The predicted molar refractivity (Wildman–Crippen MR) is 105 cm³/mol. The van der Waals surface area contributed by atoms with E-state index in [1.165, 1.54) is 17.3 Å². The molecule has 6 nitrogen and oxygen atoms in total. The number of rotatable bonds is 4. The van der Waals surface area contributed by atoms with Gasteiger partial charge in [-0.1, -0.05) is 18.2 Å². The standard InChI is InChI=1S/C20H29N5O/c1-2-21-20(22-14-17-13-16-5-3-4-6-19(16)23-17)25-8-7-18(15-25)24-9-11-26-12-10-24/h3-6,13,18,23H,2,7-12,14-15H2,1H3,(H,21,22). The zero-order valence-corrected chi connectivity index (χ0v) is 15.6. The summed E-state index contributed by atoms with van der Waals surface area (Å²) in [4.78, 5) is 13.3. The monoisotopic (exact) mass is 355 g/mol. The Kier molecular flexibility index (Phi) is 5.41. The summed E-state index contributed by atoms with van der Waals surface area (Å²) in [5.74, 6) is 1.03. The lowest BCUT2D eigenvalue weighted by Gasteiger charge is -2.32. The third-order valence-corrected chi connectivity index (χ3v) is 5.34. The van der Waals surface area contributed by atoms with Crippen molar-refractivity contribution < 1.29 is 4.74 Å². The molecular formula is C20H29N5O. The number of ether oxygens (including phenoxy) is 1. The SMILES string of the molecule is CCNC(=NCc1cc2ccccc2[nH]1)N1CCC(N2CCOCC2)C1. The quantitative estimate of drug-likeness (QED) is 0.651. The number of aromatic amines is 1. The molecule has 2 aliphatic heterocycles. The van der Waals surface area contributed by atoms with Crippen molar-refractivity contribution >= 4 is 16.9 Å². The summed E-state index contributed by atoms with van der Waals surface area (Å²) < 4.78 is 5.49. The van der Waals surface area contributed by atoms with Gasteiger partial charge in [0.25, 0.3) is 0 Å². The van der Waals surface area contributed by atoms with Crippen LogP contribution >= 0.6 is 0 Å². The molecule has 4 rings (SSSR count). The van der Waals surface area contributed by atoms with E-state index in [1.807, 2.05) is 0 Å². The lowest BCUT2D eigenvalue weighted by atomic mass is 10.2. The van der Waals surface area contributed by atoms with Crippen molar-refractivity contribution in [2.75, 3.05) is 45.9 Å². The van der Waals surface area contributed by atoms with Crippen LogP contribution in [0.2, 0.25) is 0 Å². The zero-order valence-electron chi connectivity index (χ0n) is 15.6. The van der Waals surface area contributed by atoms with Crippen molar-refractivity contribution in [2.24, 2.45) is 4.99 Å². The molecule has 140 valence electrons. The lowest BCUT2D eigenvalue weighted by Crippen LogP contribution is -2.46. The van der Waals surface area contributed by atoms with Crippen LogP contribution in [0.3, 0.4) is 0 Å². The molecule has 26 heavy (non-hydrogen) atoms. The van der Waals surface area contributed by atoms with E-state index in [9.17, 15) is 0 Å². The minimum Gasteiger partial charge on any atom is -0.379 e. The number of benzene rings is 1. The van der Waals surface area contributed by atoms with Crippen LogP contribution in [0.1, 0.15) is 19.0 Å². The Bertz CT molecular complexity index is 716. The Hall–Kier alpha value is -2.05. The second-order valence-electron chi connectivity index (χ2n) is 7.09. The molecule has 2 aliphatic rings. The summed E-state index contributed by atoms with van der Waals surface area (Å²) in [7, 11) is 0. The van der Waals surface area contributed by atoms with Gasteiger partial charge in [0, 0.05) is 50.0 Å². The molecule has 0 spiro atoms. The first kappa shape index (κ1) is 17.4. The molecule has 0 aliphatic carbocycles. The molecule has 3 heterocycles. The summed E-state index contributed by atoms with van der Waals surface area (Å²) in [6, 6.07) is 11.2. The minimum absolute atomic E-state index is 0.621. The Morgan fingerprint density at radius 2 is 2.12 bits per heavy atom. The largest absolute Gasteiger partial charge is 0.379 e. The van der Waals surface area contributed by atoms with Crippen molar-refractivity contribution in [1.29, 1.82) is 0 Å². The Morgan fingerprint density at radius 1 is 1.27 bits per heavy atom. The van der Waals surface area contributed by atoms with Crippen LogP contribution in [-0.4, -0.2) is 72.7 Å². The van der Waals surface area contributed by atoms with E-state index in [-0.39, 0.29) is 0 Å². The van der Waals surface area contributed by atoms with Crippen molar-refractivity contribution in [1.82, 2.24) is 20.1 Å². The molecule has 0 saturated carbocycles. The molecule has 2 fully saturated rings. The summed E-state index contributed by atoms with van der Waals surface area (Å²) in [5, 5.41) is 4.72. The molecule has 2 aromatic rings. The summed E-state index contributed by atoms with van der Waals surface area (Å²) in [6.07, 6.45) is 1.21. The Labute approximate surface area is 155 Å². The van der Waals surface area contributed by atoms with E-state index in [1.54, 1.807) is 0 Å². The highest BCUT2D eigenvalue weighted by atomic mass is 16.5. The molecule has 1 atom stereocenters. The Morgan fingerprint density at radius 3 is 2.92 bits per heavy atom. The first-order valence-electron chi connectivity index (χ1n) is 9.75. The number of fused-ring (bicyclic) bond motifs is 1. The number of para-hydroxylation sites is 1. The van der Waals surface area contributed by atoms with Crippen LogP contribution in [0.4, 0.5) is 0 Å². The van der Waals surface area contributed by atoms with Crippen LogP contribution in [0.5, 0.6) is 0 Å². The highest BCUT2D eigenvalue weighted by molar-refractivity contribution is 5.81. The third-order valence-electron chi connectivity index (χ3n) is 5.34. The van der Waals surface area contributed by atoms with Crippen LogP contribution in [-0.2, 0) is 11.3 Å². The van der Waals surface area contributed by atoms with E-state index in [0.29, 0.717) is 12.6 Å². The number of hydrogen-bond acceptors (Lipinski definition) is 3. The van der Waals surface area contributed by atoms with Gasteiger partial charge in [0.05, 0.1) is 19.8 Å². The molecule has 1 aromatic carbocycles. The second-order valence-corrected chi connectivity index (χ2v) is 7.09. The first-order valence-corrected chi connectivity index (χ1v) is 9.75. The van der Waals surface area contributed by atoms with Gasteiger partial charge in [0.15, 0.2) is 5.96 Å². The van der Waals surface area contributed by atoms with E-state index < -0.39 is 0 Å². The smallest absolute Gasteiger partial charge is 0.194 e. The number of nitrogens with one attached hydrogen (secondary N) is 2. The molecule has 0 bridgehead atoms. The maximum absolute atomic E-state index is 5.49. The summed E-state index contributed by atoms with van der Waals surface area (Å²) >= 11 is 0. The minimum atomic E-state index is 0.621. The average molecular weight is 355 g/mol. The third kappa shape index (κ3) is 3.86. The maximum Gasteiger partial charge on any atom is 0.194 e. The van der Waals surface area contributed by atoms with Crippen LogP contribution in [0.15, 0.2) is 35.3 Å². The molecule has 2 saturated heterocycles. The van der Waals surface area contributed by atoms with Crippen LogP contribution in [0, 0.1) is 0 Å². The van der Waals surface area contributed by atoms with Crippen molar-refractivity contribution in [3.8, 4) is 0 Å².